The molecule has 2 aromatic rings. The molecular formula is C28H36N4O6. The number of amides is 4. The van der Waals surface area contributed by atoms with Crippen LogP contribution in [0.2, 0.25) is 0 Å². The molecule has 0 aromatic heterocycles. The molecule has 1 aliphatic rings. The molecule has 4 amide bonds. The zero-order chi connectivity index (χ0) is 27.5. The van der Waals surface area contributed by atoms with E-state index in [2.05, 4.69) is 21.3 Å². The van der Waals surface area contributed by atoms with Crippen molar-refractivity contribution in [2.75, 3.05) is 26.8 Å². The van der Waals surface area contributed by atoms with Crippen molar-refractivity contribution in [3.05, 3.63) is 59.7 Å². The number of fused-ring (bicyclic) bond motifs is 2. The first-order valence-corrected chi connectivity index (χ1v) is 12.8. The fraction of sp³-hybridized carbons (Fsp3) is 0.429. The Morgan fingerprint density at radius 3 is 2.39 bits per heavy atom. The molecule has 0 unspecified atom stereocenters. The molecule has 0 spiro atoms. The molecule has 38 heavy (non-hydrogen) atoms. The summed E-state index contributed by atoms with van der Waals surface area (Å²) in [6.45, 7) is 4.36. The van der Waals surface area contributed by atoms with Crippen molar-refractivity contribution in [2.45, 2.75) is 45.2 Å². The van der Waals surface area contributed by atoms with E-state index in [9.17, 15) is 19.2 Å². The predicted molar refractivity (Wildman–Crippen MR) is 142 cm³/mol. The van der Waals surface area contributed by atoms with Gasteiger partial charge in [0.2, 0.25) is 17.7 Å². The van der Waals surface area contributed by atoms with E-state index < -0.39 is 23.9 Å². The number of rotatable bonds is 4. The highest BCUT2D eigenvalue weighted by Crippen LogP contribution is 2.28. The lowest BCUT2D eigenvalue weighted by Gasteiger charge is -2.22. The smallest absolute Gasteiger partial charge is 0.252 e. The molecule has 0 aliphatic carbocycles. The normalized spacial score (nSPS) is 20.0. The van der Waals surface area contributed by atoms with Gasteiger partial charge in [-0.25, -0.2) is 0 Å². The minimum absolute atomic E-state index is 0.01000. The van der Waals surface area contributed by atoms with Gasteiger partial charge in [-0.3, -0.25) is 19.2 Å². The Balaban J connectivity index is 1.85. The van der Waals surface area contributed by atoms with Crippen molar-refractivity contribution in [3.63, 3.8) is 0 Å². The standard InChI is InChI=1S/C28H36N4O6/c1-18(2)25-28(36)29-13-7-15-38-23-17-20(10-11-22(23)37-3)26(34)31-21(16-19-8-5-4-6-9-19)27(35)30-14-12-24(33)32-25/h4-6,8-11,17-18,21,25H,7,12-16H2,1-3H3,(H,29,36)(H,30,35)(H,31,34)(H,32,33)/t21-,25+/m0/s1. The van der Waals surface area contributed by atoms with Crippen molar-refractivity contribution in [1.82, 2.24) is 21.3 Å². The van der Waals surface area contributed by atoms with Crippen LogP contribution in [-0.4, -0.2) is 62.5 Å². The topological polar surface area (TPSA) is 135 Å². The van der Waals surface area contributed by atoms with Crippen LogP contribution in [0.5, 0.6) is 11.5 Å². The number of methoxy groups -OCH3 is 1. The quantitative estimate of drug-likeness (QED) is 0.480. The summed E-state index contributed by atoms with van der Waals surface area (Å²) in [5.41, 5.74) is 1.17. The van der Waals surface area contributed by atoms with E-state index in [1.54, 1.807) is 18.2 Å². The average Bonchev–Trinajstić information content (AvgIpc) is 2.90. The van der Waals surface area contributed by atoms with Crippen LogP contribution >= 0.6 is 0 Å². The largest absolute Gasteiger partial charge is 0.493 e. The van der Waals surface area contributed by atoms with Crippen molar-refractivity contribution in [3.8, 4) is 11.5 Å². The second-order valence-corrected chi connectivity index (χ2v) is 9.40. The van der Waals surface area contributed by atoms with Crippen molar-refractivity contribution in [1.29, 1.82) is 0 Å². The summed E-state index contributed by atoms with van der Waals surface area (Å²) >= 11 is 0. The van der Waals surface area contributed by atoms with E-state index in [4.69, 9.17) is 9.47 Å². The lowest BCUT2D eigenvalue weighted by molar-refractivity contribution is -0.130. The Morgan fingerprint density at radius 2 is 1.68 bits per heavy atom. The lowest BCUT2D eigenvalue weighted by atomic mass is 10.0. The zero-order valence-corrected chi connectivity index (χ0v) is 22.0. The molecular weight excluding hydrogens is 488 g/mol. The molecule has 0 saturated heterocycles. The summed E-state index contributed by atoms with van der Waals surface area (Å²) in [5, 5.41) is 11.1. The Kier molecular flexibility index (Phi) is 10.5. The predicted octanol–water partition coefficient (Wildman–Crippen LogP) is 1.58. The molecule has 0 fully saturated rings. The van der Waals surface area contributed by atoms with Gasteiger partial charge < -0.3 is 30.7 Å². The van der Waals surface area contributed by atoms with Crippen LogP contribution in [0, 0.1) is 5.92 Å². The number of carbonyl (C=O) groups excluding carboxylic acids is 4. The van der Waals surface area contributed by atoms with E-state index in [1.165, 1.54) is 7.11 Å². The van der Waals surface area contributed by atoms with E-state index in [0.717, 1.165) is 5.56 Å². The minimum atomic E-state index is -0.879. The third-order valence-electron chi connectivity index (χ3n) is 6.13. The highest BCUT2D eigenvalue weighted by atomic mass is 16.5. The fourth-order valence-electron chi connectivity index (χ4n) is 4.01. The number of nitrogens with one attached hydrogen (secondary N) is 4. The van der Waals surface area contributed by atoms with Gasteiger partial charge in [-0.1, -0.05) is 44.2 Å². The average molecular weight is 525 g/mol. The maximum absolute atomic E-state index is 13.2. The highest BCUT2D eigenvalue weighted by molar-refractivity contribution is 5.98. The van der Waals surface area contributed by atoms with E-state index in [-0.39, 0.29) is 43.7 Å². The molecule has 10 nitrogen and oxygen atoms in total. The molecule has 1 aliphatic heterocycles. The molecule has 2 atom stereocenters. The highest BCUT2D eigenvalue weighted by Gasteiger charge is 2.25. The summed E-state index contributed by atoms with van der Waals surface area (Å²) in [6, 6.07) is 12.5. The van der Waals surface area contributed by atoms with Gasteiger partial charge in [0.1, 0.15) is 12.1 Å². The van der Waals surface area contributed by atoms with Gasteiger partial charge in [0.05, 0.1) is 13.7 Å². The van der Waals surface area contributed by atoms with Gasteiger partial charge in [-0.05, 0) is 36.1 Å². The van der Waals surface area contributed by atoms with Crippen molar-refractivity contribution < 1.29 is 28.7 Å². The number of ether oxygens (including phenoxy) is 2. The first kappa shape index (κ1) is 28.5. The maximum Gasteiger partial charge on any atom is 0.252 e. The molecule has 3 rings (SSSR count). The Hall–Kier alpha value is -4.08. The van der Waals surface area contributed by atoms with Crippen molar-refractivity contribution >= 4 is 23.6 Å². The van der Waals surface area contributed by atoms with E-state index >= 15 is 0 Å². The van der Waals surface area contributed by atoms with E-state index in [1.807, 2.05) is 44.2 Å². The molecule has 10 heteroatoms. The lowest BCUT2D eigenvalue weighted by Crippen LogP contribution is -2.51. The number of benzene rings is 2. The second-order valence-electron chi connectivity index (χ2n) is 9.40. The van der Waals surface area contributed by atoms with Crippen LogP contribution in [0.1, 0.15) is 42.6 Å². The molecule has 2 bridgehead atoms. The molecule has 0 saturated carbocycles. The second kappa shape index (κ2) is 14.0. The van der Waals surface area contributed by atoms with Gasteiger partial charge >= 0.3 is 0 Å². The van der Waals surface area contributed by atoms with Crippen molar-refractivity contribution in [2.24, 2.45) is 5.92 Å². The van der Waals surface area contributed by atoms with Crippen LogP contribution in [-0.2, 0) is 20.8 Å². The van der Waals surface area contributed by atoms with E-state index in [0.29, 0.717) is 30.0 Å². The third-order valence-corrected chi connectivity index (χ3v) is 6.13. The molecule has 4 N–H and O–H groups in total. The minimum Gasteiger partial charge on any atom is -0.493 e. The number of hydrogen-bond donors (Lipinski definition) is 4. The maximum atomic E-state index is 13.2. The Bertz CT molecular complexity index is 1120. The van der Waals surface area contributed by atoms with Crippen LogP contribution in [0.3, 0.4) is 0 Å². The summed E-state index contributed by atoms with van der Waals surface area (Å²) in [7, 11) is 1.50. The summed E-state index contributed by atoms with van der Waals surface area (Å²) in [6.07, 6.45) is 0.755. The first-order valence-electron chi connectivity index (χ1n) is 12.8. The van der Waals surface area contributed by atoms with Crippen LogP contribution in [0.15, 0.2) is 48.5 Å². The molecule has 204 valence electrons. The Labute approximate surface area is 222 Å². The fourth-order valence-corrected chi connectivity index (χ4v) is 4.01. The van der Waals surface area contributed by atoms with Gasteiger partial charge in [-0.2, -0.15) is 0 Å². The summed E-state index contributed by atoms with van der Waals surface area (Å²) in [4.78, 5) is 51.5. The van der Waals surface area contributed by atoms with Crippen LogP contribution < -0.4 is 30.7 Å². The molecule has 0 radical (unpaired) electrons. The van der Waals surface area contributed by atoms with Gasteiger partial charge in [0.15, 0.2) is 11.5 Å². The third kappa shape index (κ3) is 8.22. The zero-order valence-electron chi connectivity index (χ0n) is 22.0. The Morgan fingerprint density at radius 1 is 0.947 bits per heavy atom. The van der Waals surface area contributed by atoms with Crippen LogP contribution in [0.4, 0.5) is 0 Å². The number of hydrogen-bond acceptors (Lipinski definition) is 6. The van der Waals surface area contributed by atoms with Gasteiger partial charge in [0.25, 0.3) is 5.91 Å². The molecule has 1 heterocycles. The molecule has 2 aromatic carbocycles. The summed E-state index contributed by atoms with van der Waals surface area (Å²) < 4.78 is 11.2. The SMILES string of the molecule is COc1ccc2cc1OCCCNC(=O)[C@@H](C(C)C)NC(=O)CCNC(=O)[C@H](Cc1ccccc1)NC2=O. The van der Waals surface area contributed by atoms with Crippen LogP contribution in [0.25, 0.3) is 0 Å². The first-order chi connectivity index (χ1) is 18.3. The summed E-state index contributed by atoms with van der Waals surface area (Å²) in [5.74, 6) is -0.804. The van der Waals surface area contributed by atoms with Gasteiger partial charge in [0, 0.05) is 31.5 Å². The monoisotopic (exact) mass is 524 g/mol. The number of carbonyl (C=O) groups is 4. The van der Waals surface area contributed by atoms with Gasteiger partial charge in [-0.15, -0.1) is 0 Å².